The minimum absolute atomic E-state index is 0.0374. The molecule has 0 bridgehead atoms. The number of carbonyl (C=O) groups is 8. The van der Waals surface area contributed by atoms with E-state index >= 15 is 0 Å². The van der Waals surface area contributed by atoms with Crippen molar-refractivity contribution in [2.75, 3.05) is 93.1 Å². The van der Waals surface area contributed by atoms with Gasteiger partial charge in [-0.2, -0.15) is 0 Å². The van der Waals surface area contributed by atoms with Gasteiger partial charge < -0.3 is 35.9 Å². The van der Waals surface area contributed by atoms with Crippen LogP contribution in [0.15, 0.2) is 5.16 Å². The number of Topliss-reactive ketones (excluding diaryl/α,β-unsaturated/α-hetero) is 1. The molecule has 7 amide bonds. The Morgan fingerprint density at radius 1 is 0.724 bits per heavy atom. The zero-order chi connectivity index (χ0) is 44.2. The van der Waals surface area contributed by atoms with Crippen LogP contribution in [0.25, 0.3) is 0 Å². The van der Waals surface area contributed by atoms with Gasteiger partial charge in [-0.05, 0) is 52.9 Å². The molecule has 0 saturated carbocycles. The van der Waals surface area contributed by atoms with Crippen LogP contribution in [0.2, 0.25) is 0 Å². The fourth-order valence-electron chi connectivity index (χ4n) is 5.55. The maximum Gasteiger partial charge on any atom is 0.265 e. The van der Waals surface area contributed by atoms with Crippen LogP contribution in [0.1, 0.15) is 85.0 Å². The summed E-state index contributed by atoms with van der Waals surface area (Å²) in [5, 5.41) is 16.2. The van der Waals surface area contributed by atoms with E-state index < -0.39 is 0 Å². The van der Waals surface area contributed by atoms with E-state index in [-0.39, 0.29) is 65.6 Å². The van der Waals surface area contributed by atoms with Gasteiger partial charge in [-0.25, -0.2) is 10.1 Å². The second kappa shape index (κ2) is 30.6. The molecule has 58 heavy (non-hydrogen) atoms. The molecular weight excluding hydrogens is 782 g/mol. The summed E-state index contributed by atoms with van der Waals surface area (Å²) < 4.78 is 0. The first-order valence-corrected chi connectivity index (χ1v) is 19.9. The molecular formula is C37H66ClN9O11. The smallest absolute Gasteiger partial charge is 0.265 e. The highest BCUT2D eigenvalue weighted by Gasteiger charge is 2.24. The molecule has 4 N–H and O–H groups in total. The fourth-order valence-corrected chi connectivity index (χ4v) is 5.72. The summed E-state index contributed by atoms with van der Waals surface area (Å²) in [6.07, 6.45) is 7.99. The highest BCUT2D eigenvalue weighted by Crippen LogP contribution is 2.11. The number of alkyl halides is 1. The van der Waals surface area contributed by atoms with Crippen molar-refractivity contribution in [3.8, 4) is 0 Å². The number of hydroxylamine groups is 4. The third-order valence-corrected chi connectivity index (χ3v) is 9.02. The molecule has 5 aliphatic rings. The van der Waals surface area contributed by atoms with Crippen LogP contribution in [0.4, 0.5) is 0 Å². The lowest BCUT2D eigenvalue weighted by atomic mass is 10.3. The van der Waals surface area contributed by atoms with Gasteiger partial charge in [-0.1, -0.05) is 5.16 Å². The van der Waals surface area contributed by atoms with Gasteiger partial charge in [0.05, 0.1) is 33.0 Å². The molecule has 5 aliphatic heterocycles. The van der Waals surface area contributed by atoms with Crippen molar-refractivity contribution in [1.82, 2.24) is 35.0 Å². The molecule has 0 aliphatic carbocycles. The van der Waals surface area contributed by atoms with E-state index in [2.05, 4.69) is 15.3 Å². The van der Waals surface area contributed by atoms with Crippen molar-refractivity contribution in [1.29, 1.82) is 0 Å². The van der Waals surface area contributed by atoms with Crippen LogP contribution in [-0.2, 0) is 48.0 Å². The Hall–Kier alpha value is -4.40. The molecule has 0 spiro atoms. The number of likely N-dealkylation sites (N-methyl/N-ethyl adjacent to an activating group) is 1. The van der Waals surface area contributed by atoms with Crippen molar-refractivity contribution >= 4 is 64.4 Å². The minimum Gasteiger partial charge on any atom is -0.411 e. The summed E-state index contributed by atoms with van der Waals surface area (Å²) >= 11 is 5.15. The topological polar surface area (TPSA) is 245 Å². The van der Waals surface area contributed by atoms with E-state index in [1.54, 1.807) is 21.6 Å². The Kier molecular flexibility index (Phi) is 28.3. The lowest BCUT2D eigenvalue weighted by molar-refractivity contribution is -0.170. The number of oxime groups is 1. The number of amides is 7. The average molecular weight is 848 g/mol. The van der Waals surface area contributed by atoms with E-state index in [4.69, 9.17) is 27.4 Å². The molecule has 5 fully saturated rings. The Labute approximate surface area is 347 Å². The maximum absolute atomic E-state index is 11.3. The molecule has 5 saturated heterocycles. The Balaban J connectivity index is 0.000000681. The number of carbonyl (C=O) groups excluding carboxylic acids is 8. The first-order valence-electron chi connectivity index (χ1n) is 19.4. The van der Waals surface area contributed by atoms with Crippen LogP contribution in [0.5, 0.6) is 0 Å². The molecule has 0 radical (unpaired) electrons. The quantitative estimate of drug-likeness (QED) is 0.111. The summed E-state index contributed by atoms with van der Waals surface area (Å²) in [5.41, 5.74) is 6.12. The van der Waals surface area contributed by atoms with Gasteiger partial charge in [0.15, 0.2) is 0 Å². The molecule has 0 aromatic heterocycles. The molecule has 5 rings (SSSR count). The number of hydrogen-bond donors (Lipinski definition) is 3. The third kappa shape index (κ3) is 23.7. The molecule has 20 nitrogen and oxygen atoms in total. The minimum atomic E-state index is -0.242. The number of halogens is 1. The Bertz CT molecular complexity index is 1360. The zero-order valence-electron chi connectivity index (χ0n) is 35.3. The van der Waals surface area contributed by atoms with Gasteiger partial charge in [-0.3, -0.25) is 48.0 Å². The van der Waals surface area contributed by atoms with E-state index in [0.717, 1.165) is 81.4 Å². The zero-order valence-corrected chi connectivity index (χ0v) is 36.1. The van der Waals surface area contributed by atoms with Gasteiger partial charge in [-0.15, -0.1) is 11.6 Å². The number of ketones is 1. The third-order valence-electron chi connectivity index (χ3n) is 8.79. The van der Waals surface area contributed by atoms with Gasteiger partial charge in [0.1, 0.15) is 18.2 Å². The van der Waals surface area contributed by atoms with Crippen LogP contribution in [0.3, 0.4) is 0 Å². The highest BCUT2D eigenvalue weighted by atomic mass is 35.5. The van der Waals surface area contributed by atoms with Crippen molar-refractivity contribution in [3.63, 3.8) is 0 Å². The number of rotatable bonds is 11. The number of nitrogens with one attached hydrogen (secondary N) is 1. The number of hydrogen-bond acceptors (Lipinski definition) is 13. The van der Waals surface area contributed by atoms with Crippen molar-refractivity contribution in [2.24, 2.45) is 10.9 Å². The highest BCUT2D eigenvalue weighted by molar-refractivity contribution is 6.27. The first kappa shape index (κ1) is 53.6. The van der Waals surface area contributed by atoms with E-state index in [0.29, 0.717) is 51.0 Å². The Morgan fingerprint density at radius 2 is 1.14 bits per heavy atom. The monoisotopic (exact) mass is 847 g/mol. The summed E-state index contributed by atoms with van der Waals surface area (Å²) in [7, 11) is 5.86. The molecule has 1 unspecified atom stereocenters. The number of likely N-dealkylation sites (tertiary alicyclic amines) is 4. The van der Waals surface area contributed by atoms with Gasteiger partial charge >= 0.3 is 0 Å². The van der Waals surface area contributed by atoms with Crippen LogP contribution in [0, 0.1) is 0 Å². The standard InChI is InChI=1S/C8H14N2O3.C7H12N2O2.C7H14N2O.C7H11NO2.C4H8ClNO2.C4H7NO/c1-9(13-2)8(12)6-10-5-3-4-7(10)11;1-6(8-11)5-9-4-2-3-7(9)10;1-6(8)5-9-4-2-3-7(9)10;1-6(9)5-8-4-2-3-7(8)10;1-6(8-2)4(7)3-5;6-4-2-1-3-5-4/h3-6H2,1-2H3;11H,2-5H2,1H3;6H,2-5,8H2,1H3;2-5H2,1H3;3H2,1-2H3;1-3H2,(H,5,6)/b;8-6+;;;;. The largest absolute Gasteiger partial charge is 0.411 e. The normalized spacial score (nSPS) is 17.7. The summed E-state index contributed by atoms with van der Waals surface area (Å²) in [6, 6.07) is 0.113. The average Bonchev–Trinajstić information content (AvgIpc) is 4.06. The van der Waals surface area contributed by atoms with Gasteiger partial charge in [0.25, 0.3) is 11.8 Å². The fraction of sp³-hybridized carbons (Fsp3) is 0.757. The second-order valence-corrected chi connectivity index (χ2v) is 14.2. The number of nitrogens with zero attached hydrogens (tertiary/aromatic N) is 7. The van der Waals surface area contributed by atoms with Crippen LogP contribution < -0.4 is 11.1 Å². The van der Waals surface area contributed by atoms with E-state index in [9.17, 15) is 38.4 Å². The molecule has 0 aromatic rings. The first-order chi connectivity index (χ1) is 27.4. The van der Waals surface area contributed by atoms with Crippen LogP contribution in [-0.4, -0.2) is 187 Å². The van der Waals surface area contributed by atoms with Crippen LogP contribution >= 0.6 is 11.6 Å². The maximum atomic E-state index is 11.3. The molecule has 21 heteroatoms. The molecule has 1 atom stereocenters. The number of nitrogens with two attached hydrogens (primary N) is 1. The van der Waals surface area contributed by atoms with Crippen molar-refractivity contribution in [3.05, 3.63) is 0 Å². The summed E-state index contributed by atoms with van der Waals surface area (Å²) in [5.74, 6) is 0.389. The Morgan fingerprint density at radius 3 is 1.41 bits per heavy atom. The van der Waals surface area contributed by atoms with Gasteiger partial charge in [0, 0.05) is 91.5 Å². The lowest BCUT2D eigenvalue weighted by Crippen LogP contribution is -2.38. The molecule has 5 heterocycles. The predicted molar refractivity (Wildman–Crippen MR) is 215 cm³/mol. The van der Waals surface area contributed by atoms with E-state index in [1.165, 1.54) is 35.2 Å². The van der Waals surface area contributed by atoms with Crippen molar-refractivity contribution in [2.45, 2.75) is 91.0 Å². The lowest BCUT2D eigenvalue weighted by Gasteiger charge is -2.19. The second-order valence-electron chi connectivity index (χ2n) is 13.9. The molecule has 332 valence electrons. The summed E-state index contributed by atoms with van der Waals surface area (Å²) in [4.78, 5) is 102. The van der Waals surface area contributed by atoms with E-state index in [1.807, 2.05) is 11.8 Å². The summed E-state index contributed by atoms with van der Waals surface area (Å²) in [6.45, 7) is 10.8. The van der Waals surface area contributed by atoms with Gasteiger partial charge in [0.2, 0.25) is 29.5 Å². The SMILES string of the molecule is C/C(CN1CCCC1=O)=N\O.CC(=O)CN1CCCC1=O.CC(N)CN1CCCC1=O.CON(C)C(=O)CCl.CON(C)C(=O)CN1CCCC1=O.O=C1CCCN1. The predicted octanol–water partition coefficient (Wildman–Crippen LogP) is 0.383. The van der Waals surface area contributed by atoms with Crippen molar-refractivity contribution < 1.29 is 53.2 Å². The molecule has 0 aromatic carbocycles.